The molecule has 0 radical (unpaired) electrons. The van der Waals surface area contributed by atoms with Crippen LogP contribution in [0.1, 0.15) is 53.5 Å². The van der Waals surface area contributed by atoms with Gasteiger partial charge in [-0.2, -0.15) is 0 Å². The summed E-state index contributed by atoms with van der Waals surface area (Å²) < 4.78 is 18.9. The van der Waals surface area contributed by atoms with Gasteiger partial charge in [0.25, 0.3) is 5.91 Å². The largest absolute Gasteiger partial charge is 0.469 e. The van der Waals surface area contributed by atoms with Crippen molar-refractivity contribution in [3.8, 4) is 0 Å². The Hall–Kier alpha value is -2.19. The van der Waals surface area contributed by atoms with E-state index in [0.717, 1.165) is 38.2 Å². The van der Waals surface area contributed by atoms with Crippen molar-refractivity contribution in [2.45, 2.75) is 51.4 Å². The van der Waals surface area contributed by atoms with Crippen LogP contribution in [-0.4, -0.2) is 58.7 Å². The molecule has 162 valence electrons. The monoisotopic (exact) mass is 414 g/mol. The number of fused-ring (bicyclic) bond motifs is 1. The lowest BCUT2D eigenvalue weighted by Gasteiger charge is -2.37. The molecule has 2 aromatic heterocycles. The Balaban J connectivity index is 1.32. The van der Waals surface area contributed by atoms with Crippen LogP contribution >= 0.6 is 0 Å². The number of hydrogen-bond donors (Lipinski definition) is 0. The molecule has 1 saturated heterocycles. The molecule has 2 saturated carbocycles. The highest BCUT2D eigenvalue weighted by atomic mass is 16.5. The van der Waals surface area contributed by atoms with Crippen molar-refractivity contribution in [2.75, 3.05) is 26.8 Å². The van der Waals surface area contributed by atoms with E-state index >= 15 is 0 Å². The quantitative estimate of drug-likeness (QED) is 0.693. The number of nitrogens with zero attached hydrogens (tertiary/aromatic N) is 4. The summed E-state index contributed by atoms with van der Waals surface area (Å²) in [6, 6.07) is 1.92. The summed E-state index contributed by atoms with van der Waals surface area (Å²) in [4.78, 5) is 15.0. The number of methoxy groups -OCH3 is 1. The molecular formula is C22H30N4O4. The Morgan fingerprint density at radius 3 is 2.77 bits per heavy atom. The molecule has 0 unspecified atom stereocenters. The van der Waals surface area contributed by atoms with E-state index < -0.39 is 0 Å². The maximum Gasteiger partial charge on any atom is 0.257 e. The second-order valence-electron chi connectivity index (χ2n) is 9.10. The predicted octanol–water partition coefficient (Wildman–Crippen LogP) is 2.84. The molecule has 2 aromatic rings. The Labute approximate surface area is 176 Å². The van der Waals surface area contributed by atoms with Crippen molar-refractivity contribution in [3.63, 3.8) is 0 Å². The van der Waals surface area contributed by atoms with Crippen LogP contribution in [0.3, 0.4) is 0 Å². The molecule has 0 N–H and O–H groups in total. The van der Waals surface area contributed by atoms with E-state index in [1.54, 1.807) is 19.4 Å². The van der Waals surface area contributed by atoms with E-state index in [1.807, 2.05) is 22.7 Å². The zero-order valence-electron chi connectivity index (χ0n) is 17.7. The SMILES string of the molecule is COCc1cn([C@@H]2C[C@@H]3CN(C(=O)c4ccoc4C)C[C@@H]3C[C@H]2OCC2CC2)nn1. The van der Waals surface area contributed by atoms with E-state index in [4.69, 9.17) is 13.9 Å². The third kappa shape index (κ3) is 3.90. The molecule has 3 fully saturated rings. The summed E-state index contributed by atoms with van der Waals surface area (Å²) >= 11 is 0. The lowest BCUT2D eigenvalue weighted by molar-refractivity contribution is -0.0375. The highest BCUT2D eigenvalue weighted by molar-refractivity contribution is 5.95. The van der Waals surface area contributed by atoms with Gasteiger partial charge in [0.2, 0.25) is 0 Å². The fourth-order valence-corrected chi connectivity index (χ4v) is 5.02. The summed E-state index contributed by atoms with van der Waals surface area (Å²) in [5.74, 6) is 2.39. The Morgan fingerprint density at radius 2 is 2.07 bits per heavy atom. The van der Waals surface area contributed by atoms with Crippen LogP contribution in [0.15, 0.2) is 22.9 Å². The van der Waals surface area contributed by atoms with Crippen LogP contribution in [-0.2, 0) is 16.1 Å². The first kappa shape index (κ1) is 19.8. The first-order valence-corrected chi connectivity index (χ1v) is 11.0. The van der Waals surface area contributed by atoms with Gasteiger partial charge in [-0.1, -0.05) is 5.21 Å². The third-order valence-electron chi connectivity index (χ3n) is 6.89. The molecule has 4 atom stereocenters. The van der Waals surface area contributed by atoms with Gasteiger partial charge in [-0.15, -0.1) is 5.10 Å². The number of likely N-dealkylation sites (tertiary alicyclic amines) is 1. The number of rotatable bonds is 7. The van der Waals surface area contributed by atoms with Crippen LogP contribution < -0.4 is 0 Å². The maximum absolute atomic E-state index is 13.0. The van der Waals surface area contributed by atoms with Gasteiger partial charge in [0, 0.05) is 26.8 Å². The smallest absolute Gasteiger partial charge is 0.257 e. The molecule has 0 aromatic carbocycles. The predicted molar refractivity (Wildman–Crippen MR) is 108 cm³/mol. The van der Waals surface area contributed by atoms with Crippen LogP contribution in [0.5, 0.6) is 0 Å². The third-order valence-corrected chi connectivity index (χ3v) is 6.89. The molecule has 0 spiro atoms. The lowest BCUT2D eigenvalue weighted by atomic mass is 9.77. The van der Waals surface area contributed by atoms with E-state index in [2.05, 4.69) is 10.3 Å². The topological polar surface area (TPSA) is 82.6 Å². The van der Waals surface area contributed by atoms with Gasteiger partial charge in [0.15, 0.2) is 0 Å². The van der Waals surface area contributed by atoms with Crippen molar-refractivity contribution in [1.82, 2.24) is 19.9 Å². The second kappa shape index (κ2) is 8.15. The van der Waals surface area contributed by atoms with Gasteiger partial charge in [-0.25, -0.2) is 4.68 Å². The van der Waals surface area contributed by atoms with Crippen molar-refractivity contribution in [2.24, 2.45) is 17.8 Å². The number of aryl methyl sites for hydroxylation is 1. The second-order valence-corrected chi connectivity index (χ2v) is 9.10. The van der Waals surface area contributed by atoms with Gasteiger partial charge in [-0.05, 0) is 56.4 Å². The van der Waals surface area contributed by atoms with Crippen LogP contribution in [0.25, 0.3) is 0 Å². The normalized spacial score (nSPS) is 28.7. The Morgan fingerprint density at radius 1 is 1.27 bits per heavy atom. The molecule has 2 aliphatic carbocycles. The van der Waals surface area contributed by atoms with Crippen LogP contribution in [0, 0.1) is 24.7 Å². The highest BCUT2D eigenvalue weighted by Crippen LogP contribution is 2.43. The summed E-state index contributed by atoms with van der Waals surface area (Å²) in [6.45, 7) is 4.69. The van der Waals surface area contributed by atoms with E-state index in [0.29, 0.717) is 35.7 Å². The van der Waals surface area contributed by atoms with Gasteiger partial charge >= 0.3 is 0 Å². The average molecular weight is 415 g/mol. The first-order valence-electron chi connectivity index (χ1n) is 11.0. The summed E-state index contributed by atoms with van der Waals surface area (Å²) in [7, 11) is 1.66. The van der Waals surface area contributed by atoms with Crippen molar-refractivity contribution >= 4 is 5.91 Å². The fourth-order valence-electron chi connectivity index (χ4n) is 5.02. The van der Waals surface area contributed by atoms with E-state index in [9.17, 15) is 4.79 Å². The van der Waals surface area contributed by atoms with Gasteiger partial charge in [0.05, 0.1) is 36.8 Å². The summed E-state index contributed by atoms with van der Waals surface area (Å²) in [5.41, 5.74) is 1.51. The van der Waals surface area contributed by atoms with Gasteiger partial charge in [-0.3, -0.25) is 4.79 Å². The first-order chi connectivity index (χ1) is 14.6. The number of carbonyl (C=O) groups excluding carboxylic acids is 1. The number of furan rings is 1. The molecule has 3 heterocycles. The molecule has 0 bridgehead atoms. The maximum atomic E-state index is 13.0. The minimum absolute atomic E-state index is 0.0748. The summed E-state index contributed by atoms with van der Waals surface area (Å²) in [5, 5.41) is 8.64. The minimum atomic E-state index is 0.0748. The molecule has 5 rings (SSSR count). The van der Waals surface area contributed by atoms with Crippen molar-refractivity contribution in [1.29, 1.82) is 0 Å². The number of ether oxygens (including phenoxy) is 2. The molecule has 3 aliphatic rings. The number of aromatic nitrogens is 3. The molecule has 8 heteroatoms. The van der Waals surface area contributed by atoms with E-state index in [-0.39, 0.29) is 18.1 Å². The fraction of sp³-hybridized carbons (Fsp3) is 0.682. The number of hydrogen-bond acceptors (Lipinski definition) is 6. The minimum Gasteiger partial charge on any atom is -0.469 e. The number of amides is 1. The van der Waals surface area contributed by atoms with Crippen LogP contribution in [0.2, 0.25) is 0 Å². The van der Waals surface area contributed by atoms with Crippen molar-refractivity contribution in [3.05, 3.63) is 35.5 Å². The van der Waals surface area contributed by atoms with Crippen molar-refractivity contribution < 1.29 is 18.7 Å². The number of carbonyl (C=O) groups is 1. The standard InChI is InChI=1S/C22H30N4O4/c1-14-19(5-6-29-14)22(27)25-9-16-7-20(26-11-18(13-28-2)23-24-26)21(8-17(16)10-25)30-12-15-3-4-15/h5-6,11,15-17,20-21H,3-4,7-10,12-13H2,1-2H3/t16-,17+,20-,21-/m1/s1. The van der Waals surface area contributed by atoms with Gasteiger partial charge < -0.3 is 18.8 Å². The Kier molecular flexibility index (Phi) is 5.37. The molecule has 1 aliphatic heterocycles. The molecular weight excluding hydrogens is 384 g/mol. The zero-order valence-corrected chi connectivity index (χ0v) is 17.7. The highest BCUT2D eigenvalue weighted by Gasteiger charge is 2.45. The summed E-state index contributed by atoms with van der Waals surface area (Å²) in [6.07, 6.45) is 8.13. The van der Waals surface area contributed by atoms with E-state index in [1.165, 1.54) is 12.8 Å². The molecule has 8 nitrogen and oxygen atoms in total. The van der Waals surface area contributed by atoms with Gasteiger partial charge in [0.1, 0.15) is 11.5 Å². The average Bonchev–Trinajstić information content (AvgIpc) is 3.11. The Bertz CT molecular complexity index is 889. The molecule has 1 amide bonds. The van der Waals surface area contributed by atoms with Crippen LogP contribution in [0.4, 0.5) is 0 Å². The molecule has 30 heavy (non-hydrogen) atoms. The lowest BCUT2D eigenvalue weighted by Crippen LogP contribution is -2.38. The zero-order chi connectivity index (χ0) is 20.7.